The molecule has 0 aromatic heterocycles. The molecule has 1 nitrogen and oxygen atoms in total. The van der Waals surface area contributed by atoms with Crippen LogP contribution in [0.3, 0.4) is 0 Å². The van der Waals surface area contributed by atoms with Crippen molar-refractivity contribution in [1.82, 2.24) is 0 Å². The second-order valence-electron chi connectivity index (χ2n) is 6.90. The van der Waals surface area contributed by atoms with E-state index in [9.17, 15) is 5.11 Å². The van der Waals surface area contributed by atoms with Crippen LogP contribution in [-0.2, 0) is 0 Å². The number of rotatable bonds is 1. The fourth-order valence-electron chi connectivity index (χ4n) is 5.10. The molecule has 5 atom stereocenters. The lowest BCUT2D eigenvalue weighted by Gasteiger charge is -2.30. The lowest BCUT2D eigenvalue weighted by atomic mass is 9.77. The Balaban J connectivity index is 1.99. The van der Waals surface area contributed by atoms with E-state index < -0.39 is 0 Å². The summed E-state index contributed by atoms with van der Waals surface area (Å²) in [6, 6.07) is 0. The van der Waals surface area contributed by atoms with Crippen LogP contribution in [0.4, 0.5) is 0 Å². The van der Waals surface area contributed by atoms with E-state index in [2.05, 4.69) is 20.8 Å². The van der Waals surface area contributed by atoms with Gasteiger partial charge in [-0.2, -0.15) is 0 Å². The van der Waals surface area contributed by atoms with Crippen molar-refractivity contribution in [3.63, 3.8) is 0 Å². The smallest absolute Gasteiger partial charge is 0.0576 e. The highest BCUT2D eigenvalue weighted by Gasteiger charge is 2.82. The van der Waals surface area contributed by atoms with Crippen LogP contribution < -0.4 is 0 Å². The molecule has 0 spiro atoms. The predicted molar refractivity (Wildman–Crippen MR) is 56.8 cm³/mol. The Bertz CT molecular complexity index is 294. The van der Waals surface area contributed by atoms with E-state index in [-0.39, 0.29) is 6.10 Å². The monoisotopic (exact) mass is 194 g/mol. The van der Waals surface area contributed by atoms with Crippen molar-refractivity contribution in [2.24, 2.45) is 28.1 Å². The van der Waals surface area contributed by atoms with E-state index >= 15 is 0 Å². The molecular weight excluding hydrogens is 172 g/mol. The van der Waals surface area contributed by atoms with E-state index in [0.29, 0.717) is 16.2 Å². The summed E-state index contributed by atoms with van der Waals surface area (Å²) in [6.07, 6.45) is 3.94. The van der Waals surface area contributed by atoms with E-state index in [1.807, 2.05) is 6.92 Å². The highest BCUT2D eigenvalue weighted by Crippen LogP contribution is 2.86. The summed E-state index contributed by atoms with van der Waals surface area (Å²) in [5.41, 5.74) is 1.31. The SMILES string of the molecule is CC(O)C12CC1(C)CCC1C2C1(C)C. The average Bonchev–Trinajstić information content (AvgIpc) is 2.84. The van der Waals surface area contributed by atoms with Crippen LogP contribution in [0.2, 0.25) is 0 Å². The van der Waals surface area contributed by atoms with Crippen molar-refractivity contribution in [3.05, 3.63) is 0 Å². The maximum absolute atomic E-state index is 10.1. The minimum atomic E-state index is -0.0953. The molecule has 14 heavy (non-hydrogen) atoms. The topological polar surface area (TPSA) is 20.2 Å². The Morgan fingerprint density at radius 2 is 1.93 bits per heavy atom. The summed E-state index contributed by atoms with van der Waals surface area (Å²) in [7, 11) is 0. The molecule has 3 aliphatic carbocycles. The van der Waals surface area contributed by atoms with Gasteiger partial charge in [0.15, 0.2) is 0 Å². The number of hydrogen-bond donors (Lipinski definition) is 1. The third-order valence-corrected chi connectivity index (χ3v) is 6.04. The van der Waals surface area contributed by atoms with Crippen molar-refractivity contribution in [1.29, 1.82) is 0 Å². The van der Waals surface area contributed by atoms with Crippen LogP contribution in [0.25, 0.3) is 0 Å². The lowest BCUT2D eigenvalue weighted by Crippen LogP contribution is -2.30. The average molecular weight is 194 g/mol. The summed E-state index contributed by atoms with van der Waals surface area (Å²) in [6.45, 7) is 9.21. The van der Waals surface area contributed by atoms with E-state index in [4.69, 9.17) is 0 Å². The van der Waals surface area contributed by atoms with Crippen LogP contribution in [0.1, 0.15) is 47.0 Å². The predicted octanol–water partition coefficient (Wildman–Crippen LogP) is 2.83. The first kappa shape index (κ1) is 9.21. The molecule has 3 aliphatic rings. The molecule has 0 aliphatic heterocycles. The second kappa shape index (κ2) is 2.07. The van der Waals surface area contributed by atoms with Gasteiger partial charge in [0.05, 0.1) is 6.10 Å². The number of aliphatic hydroxyl groups excluding tert-OH is 1. The third-order valence-electron chi connectivity index (χ3n) is 6.04. The van der Waals surface area contributed by atoms with Gasteiger partial charge in [-0.15, -0.1) is 0 Å². The minimum absolute atomic E-state index is 0.0953. The second-order valence-corrected chi connectivity index (χ2v) is 6.90. The van der Waals surface area contributed by atoms with Crippen LogP contribution in [0, 0.1) is 28.1 Å². The number of fused-ring (bicyclic) bond motifs is 3. The van der Waals surface area contributed by atoms with E-state index in [1.165, 1.54) is 19.3 Å². The van der Waals surface area contributed by atoms with Gasteiger partial charge in [-0.25, -0.2) is 0 Å². The van der Waals surface area contributed by atoms with Gasteiger partial charge in [0.1, 0.15) is 0 Å². The number of hydrogen-bond acceptors (Lipinski definition) is 1. The molecule has 1 heteroatoms. The molecule has 0 saturated heterocycles. The van der Waals surface area contributed by atoms with Crippen molar-refractivity contribution >= 4 is 0 Å². The number of aliphatic hydroxyl groups is 1. The molecule has 3 rings (SSSR count). The Labute approximate surface area is 86.9 Å². The third kappa shape index (κ3) is 0.711. The first-order chi connectivity index (χ1) is 6.36. The van der Waals surface area contributed by atoms with Gasteiger partial charge in [-0.3, -0.25) is 0 Å². The molecule has 3 saturated carbocycles. The van der Waals surface area contributed by atoms with Gasteiger partial charge in [-0.1, -0.05) is 20.8 Å². The lowest BCUT2D eigenvalue weighted by molar-refractivity contribution is 0.0451. The zero-order chi connectivity index (χ0) is 10.4. The van der Waals surface area contributed by atoms with Crippen molar-refractivity contribution < 1.29 is 5.11 Å². The van der Waals surface area contributed by atoms with Crippen LogP contribution >= 0.6 is 0 Å². The summed E-state index contributed by atoms with van der Waals surface area (Å²) >= 11 is 0. The largest absolute Gasteiger partial charge is 0.393 e. The fourth-order valence-corrected chi connectivity index (χ4v) is 5.10. The minimum Gasteiger partial charge on any atom is -0.393 e. The molecule has 3 fully saturated rings. The molecule has 0 bridgehead atoms. The van der Waals surface area contributed by atoms with E-state index in [0.717, 1.165) is 11.8 Å². The van der Waals surface area contributed by atoms with Gasteiger partial charge in [-0.05, 0) is 48.9 Å². The molecule has 0 radical (unpaired) electrons. The van der Waals surface area contributed by atoms with Crippen LogP contribution in [-0.4, -0.2) is 11.2 Å². The normalized spacial score (nSPS) is 59.8. The van der Waals surface area contributed by atoms with Crippen molar-refractivity contribution in [3.8, 4) is 0 Å². The molecule has 0 amide bonds. The highest BCUT2D eigenvalue weighted by atomic mass is 16.3. The Morgan fingerprint density at radius 3 is 2.43 bits per heavy atom. The summed E-state index contributed by atoms with van der Waals surface area (Å²) in [4.78, 5) is 0. The quantitative estimate of drug-likeness (QED) is 0.680. The van der Waals surface area contributed by atoms with E-state index in [1.54, 1.807) is 0 Å². The zero-order valence-corrected chi connectivity index (χ0v) is 9.80. The highest BCUT2D eigenvalue weighted by molar-refractivity contribution is 5.30. The Kier molecular flexibility index (Phi) is 1.36. The van der Waals surface area contributed by atoms with Gasteiger partial charge in [0.2, 0.25) is 0 Å². The van der Waals surface area contributed by atoms with Crippen molar-refractivity contribution in [2.75, 3.05) is 0 Å². The summed E-state index contributed by atoms with van der Waals surface area (Å²) in [5, 5.41) is 10.1. The first-order valence-corrected chi connectivity index (χ1v) is 6.04. The van der Waals surface area contributed by atoms with Gasteiger partial charge in [0.25, 0.3) is 0 Å². The summed E-state index contributed by atoms with van der Waals surface area (Å²) in [5.74, 6) is 1.72. The maximum atomic E-state index is 10.1. The molecule has 0 aromatic rings. The standard InChI is InChI=1S/C13H22O/c1-8(14)13-7-12(13,4)6-5-9-10(13)11(9,2)3/h8-10,14H,5-7H2,1-4H3. The molecule has 1 N–H and O–H groups in total. The molecular formula is C13H22O. The van der Waals surface area contributed by atoms with Gasteiger partial charge in [0, 0.05) is 5.41 Å². The Morgan fingerprint density at radius 1 is 1.29 bits per heavy atom. The molecule has 80 valence electrons. The maximum Gasteiger partial charge on any atom is 0.0576 e. The van der Waals surface area contributed by atoms with Crippen LogP contribution in [0.15, 0.2) is 0 Å². The molecule has 0 heterocycles. The van der Waals surface area contributed by atoms with Gasteiger partial charge >= 0.3 is 0 Å². The molecule has 0 aromatic carbocycles. The van der Waals surface area contributed by atoms with Crippen molar-refractivity contribution in [2.45, 2.75) is 53.1 Å². The first-order valence-electron chi connectivity index (χ1n) is 6.04. The van der Waals surface area contributed by atoms with Crippen LogP contribution in [0.5, 0.6) is 0 Å². The summed E-state index contributed by atoms with van der Waals surface area (Å²) < 4.78 is 0. The zero-order valence-electron chi connectivity index (χ0n) is 9.80. The molecule has 5 unspecified atom stereocenters. The Hall–Kier alpha value is -0.0400. The van der Waals surface area contributed by atoms with Gasteiger partial charge < -0.3 is 5.11 Å². The fraction of sp³-hybridized carbons (Fsp3) is 1.00.